The third-order valence-corrected chi connectivity index (χ3v) is 4.88. The Morgan fingerprint density at radius 2 is 1.67 bits per heavy atom. The molecule has 1 fully saturated rings. The lowest BCUT2D eigenvalue weighted by Crippen LogP contribution is -2.57. The fourth-order valence-corrected chi connectivity index (χ4v) is 3.15. The molecule has 5 heteroatoms. The van der Waals surface area contributed by atoms with Gasteiger partial charge in [0.2, 0.25) is 5.91 Å². The van der Waals surface area contributed by atoms with E-state index in [4.69, 9.17) is 0 Å². The molecule has 0 N–H and O–H groups in total. The van der Waals surface area contributed by atoms with E-state index in [0.29, 0.717) is 18.7 Å². The molecule has 0 unspecified atom stereocenters. The average molecular weight is 387 g/mol. The van der Waals surface area contributed by atoms with Crippen LogP contribution in [-0.4, -0.2) is 35.8 Å². The van der Waals surface area contributed by atoms with Gasteiger partial charge in [0, 0.05) is 28.8 Å². The molecule has 2 aromatic rings. The molecular weight excluding hydrogens is 368 g/mol. The second-order valence-electron chi connectivity index (χ2n) is 6.01. The molecule has 124 valence electrons. The maximum Gasteiger partial charge on any atom is 0.254 e. The van der Waals surface area contributed by atoms with Gasteiger partial charge in [-0.3, -0.25) is 9.59 Å². The molecule has 24 heavy (non-hydrogen) atoms. The summed E-state index contributed by atoms with van der Waals surface area (Å²) in [6, 6.07) is 14.6. The minimum absolute atomic E-state index is 0.0518. The Kier molecular flexibility index (Phi) is 4.71. The highest BCUT2D eigenvalue weighted by Gasteiger charge is 2.35. The van der Waals surface area contributed by atoms with Crippen LogP contribution in [0.3, 0.4) is 0 Å². The zero-order valence-corrected chi connectivity index (χ0v) is 15.3. The number of aryl methyl sites for hydroxylation is 1. The van der Waals surface area contributed by atoms with Gasteiger partial charge in [-0.15, -0.1) is 0 Å². The van der Waals surface area contributed by atoms with E-state index in [0.717, 1.165) is 15.7 Å². The molecule has 3 rings (SSSR count). The molecule has 0 saturated carbocycles. The molecule has 0 bridgehead atoms. The van der Waals surface area contributed by atoms with Crippen molar-refractivity contribution >= 4 is 33.4 Å². The van der Waals surface area contributed by atoms with Crippen molar-refractivity contribution in [3.8, 4) is 0 Å². The third-order valence-electron chi connectivity index (χ3n) is 4.35. The van der Waals surface area contributed by atoms with Crippen molar-refractivity contribution in [2.45, 2.75) is 19.9 Å². The summed E-state index contributed by atoms with van der Waals surface area (Å²) in [5, 5.41) is 0. The summed E-state index contributed by atoms with van der Waals surface area (Å²) in [6.07, 6.45) is 0. The van der Waals surface area contributed by atoms with Crippen LogP contribution in [0.5, 0.6) is 0 Å². The van der Waals surface area contributed by atoms with Crippen LogP contribution >= 0.6 is 15.9 Å². The Hall–Kier alpha value is -2.14. The number of hydrogen-bond acceptors (Lipinski definition) is 2. The Morgan fingerprint density at radius 1 is 1.04 bits per heavy atom. The largest absolute Gasteiger partial charge is 0.325 e. The summed E-state index contributed by atoms with van der Waals surface area (Å²) in [5.41, 5.74) is 2.59. The summed E-state index contributed by atoms with van der Waals surface area (Å²) in [4.78, 5) is 28.8. The first-order valence-corrected chi connectivity index (χ1v) is 8.71. The first-order valence-electron chi connectivity index (χ1n) is 7.92. The number of halogens is 1. The Bertz CT molecular complexity index is 756. The lowest BCUT2D eigenvalue weighted by molar-refractivity contribution is -0.124. The van der Waals surface area contributed by atoms with E-state index in [2.05, 4.69) is 15.9 Å². The van der Waals surface area contributed by atoms with Gasteiger partial charge in [0.25, 0.3) is 5.91 Å². The predicted molar refractivity (Wildman–Crippen MR) is 98.2 cm³/mol. The molecule has 2 amide bonds. The average Bonchev–Trinajstić information content (AvgIpc) is 2.58. The van der Waals surface area contributed by atoms with Crippen LogP contribution < -0.4 is 4.90 Å². The lowest BCUT2D eigenvalue weighted by atomic mass is 10.1. The normalized spacial score (nSPS) is 18.0. The van der Waals surface area contributed by atoms with Gasteiger partial charge in [-0.05, 0) is 50.2 Å². The SMILES string of the molecule is Cc1ccc(C(=O)N2CCN(c3ccc(Br)cc3)C(=O)[C@H]2C)cc1. The number of amides is 2. The number of hydrogen-bond donors (Lipinski definition) is 0. The number of anilines is 1. The Labute approximate surface area is 150 Å². The van der Waals surface area contributed by atoms with Gasteiger partial charge in [-0.2, -0.15) is 0 Å². The predicted octanol–water partition coefficient (Wildman–Crippen LogP) is 3.64. The van der Waals surface area contributed by atoms with Crippen LogP contribution in [0.25, 0.3) is 0 Å². The van der Waals surface area contributed by atoms with Gasteiger partial charge in [0.1, 0.15) is 6.04 Å². The third kappa shape index (κ3) is 3.22. The molecular formula is C19H19BrN2O2. The molecule has 0 spiro atoms. The zero-order valence-electron chi connectivity index (χ0n) is 13.7. The second kappa shape index (κ2) is 6.77. The van der Waals surface area contributed by atoms with Crippen LogP contribution in [0.15, 0.2) is 53.0 Å². The van der Waals surface area contributed by atoms with Crippen molar-refractivity contribution < 1.29 is 9.59 Å². The molecule has 1 atom stereocenters. The van der Waals surface area contributed by atoms with Gasteiger partial charge >= 0.3 is 0 Å². The standard InChI is InChI=1S/C19H19BrN2O2/c1-13-3-5-15(6-4-13)19(24)21-11-12-22(18(23)14(21)2)17-9-7-16(20)8-10-17/h3-10,14H,11-12H2,1-2H3/t14-/m1/s1. The van der Waals surface area contributed by atoms with Crippen LogP contribution in [-0.2, 0) is 4.79 Å². The van der Waals surface area contributed by atoms with Crippen molar-refractivity contribution in [2.75, 3.05) is 18.0 Å². The van der Waals surface area contributed by atoms with Crippen molar-refractivity contribution in [1.82, 2.24) is 4.90 Å². The maximum absolute atomic E-state index is 12.7. The van der Waals surface area contributed by atoms with Crippen molar-refractivity contribution in [1.29, 1.82) is 0 Å². The Morgan fingerprint density at radius 3 is 2.29 bits per heavy atom. The van der Waals surface area contributed by atoms with Crippen molar-refractivity contribution in [2.24, 2.45) is 0 Å². The molecule has 0 aliphatic carbocycles. The second-order valence-corrected chi connectivity index (χ2v) is 6.92. The summed E-state index contributed by atoms with van der Waals surface area (Å²) < 4.78 is 0.972. The minimum Gasteiger partial charge on any atom is -0.325 e. The maximum atomic E-state index is 12.7. The number of carbonyl (C=O) groups excluding carboxylic acids is 2. The topological polar surface area (TPSA) is 40.6 Å². The number of benzene rings is 2. The lowest BCUT2D eigenvalue weighted by Gasteiger charge is -2.39. The Balaban J connectivity index is 1.78. The number of rotatable bonds is 2. The van der Waals surface area contributed by atoms with Gasteiger partial charge in [-0.25, -0.2) is 0 Å². The van der Waals surface area contributed by atoms with E-state index >= 15 is 0 Å². The highest BCUT2D eigenvalue weighted by Crippen LogP contribution is 2.23. The first kappa shape index (κ1) is 16.7. The monoisotopic (exact) mass is 386 g/mol. The van der Waals surface area contributed by atoms with Gasteiger partial charge in [0.15, 0.2) is 0 Å². The molecule has 0 aromatic heterocycles. The zero-order chi connectivity index (χ0) is 17.3. The quantitative estimate of drug-likeness (QED) is 0.790. The number of nitrogens with zero attached hydrogens (tertiary/aromatic N) is 2. The van der Waals surface area contributed by atoms with Gasteiger partial charge in [-0.1, -0.05) is 33.6 Å². The molecule has 1 heterocycles. The number of piperazine rings is 1. The van der Waals surface area contributed by atoms with E-state index in [9.17, 15) is 9.59 Å². The fourth-order valence-electron chi connectivity index (χ4n) is 2.89. The molecule has 1 aliphatic rings. The van der Waals surface area contributed by atoms with E-state index < -0.39 is 6.04 Å². The van der Waals surface area contributed by atoms with E-state index in [-0.39, 0.29) is 11.8 Å². The van der Waals surface area contributed by atoms with Crippen LogP contribution in [0.1, 0.15) is 22.8 Å². The van der Waals surface area contributed by atoms with Crippen LogP contribution in [0.4, 0.5) is 5.69 Å². The minimum atomic E-state index is -0.476. The van der Waals surface area contributed by atoms with Crippen molar-refractivity contribution in [3.63, 3.8) is 0 Å². The van der Waals surface area contributed by atoms with E-state index in [1.54, 1.807) is 16.7 Å². The van der Waals surface area contributed by atoms with Gasteiger partial charge < -0.3 is 9.80 Å². The molecule has 0 radical (unpaired) electrons. The first-order chi connectivity index (χ1) is 11.5. The summed E-state index contributed by atoms with van der Waals surface area (Å²) in [7, 11) is 0. The fraction of sp³-hybridized carbons (Fsp3) is 0.263. The summed E-state index contributed by atoms with van der Waals surface area (Å²) >= 11 is 3.40. The number of carbonyl (C=O) groups is 2. The highest BCUT2D eigenvalue weighted by molar-refractivity contribution is 9.10. The molecule has 4 nitrogen and oxygen atoms in total. The molecule has 1 aliphatic heterocycles. The summed E-state index contributed by atoms with van der Waals surface area (Å²) in [6.45, 7) is 4.80. The van der Waals surface area contributed by atoms with Gasteiger partial charge in [0.05, 0.1) is 0 Å². The molecule has 1 saturated heterocycles. The van der Waals surface area contributed by atoms with Crippen molar-refractivity contribution in [3.05, 3.63) is 64.1 Å². The highest BCUT2D eigenvalue weighted by atomic mass is 79.9. The molecule has 2 aromatic carbocycles. The van der Waals surface area contributed by atoms with Crippen LogP contribution in [0.2, 0.25) is 0 Å². The van der Waals surface area contributed by atoms with E-state index in [1.165, 1.54) is 0 Å². The van der Waals surface area contributed by atoms with Crippen LogP contribution in [0, 0.1) is 6.92 Å². The summed E-state index contributed by atoms with van der Waals surface area (Å²) in [5.74, 6) is -0.143. The van der Waals surface area contributed by atoms with E-state index in [1.807, 2.05) is 55.5 Å². The smallest absolute Gasteiger partial charge is 0.254 e.